The fourth-order valence-corrected chi connectivity index (χ4v) is 4.08. The zero-order valence-electron chi connectivity index (χ0n) is 18.2. The summed E-state index contributed by atoms with van der Waals surface area (Å²) in [5, 5.41) is 10.0. The minimum Gasteiger partial charge on any atom is -0.443 e. The summed E-state index contributed by atoms with van der Waals surface area (Å²) in [6, 6.07) is 3.21. The van der Waals surface area contributed by atoms with Gasteiger partial charge in [-0.1, -0.05) is 6.07 Å². The van der Waals surface area contributed by atoms with Crippen LogP contribution in [-0.4, -0.2) is 38.9 Å². The van der Waals surface area contributed by atoms with Crippen LogP contribution in [0.1, 0.15) is 37.7 Å². The zero-order chi connectivity index (χ0) is 23.8. The van der Waals surface area contributed by atoms with Gasteiger partial charge in [0.2, 0.25) is 0 Å². The molecular formula is C21H22F2N6O3S. The molecule has 2 N–H and O–H groups in total. The van der Waals surface area contributed by atoms with Gasteiger partial charge in [0.15, 0.2) is 5.69 Å². The number of aryl methyl sites for hydroxylation is 1. The average molecular weight is 477 g/mol. The highest BCUT2D eigenvalue weighted by molar-refractivity contribution is 7.14. The van der Waals surface area contributed by atoms with Crippen molar-refractivity contribution in [3.63, 3.8) is 0 Å². The molecule has 4 rings (SSSR count). The summed E-state index contributed by atoms with van der Waals surface area (Å²) >= 11 is 0.877. The summed E-state index contributed by atoms with van der Waals surface area (Å²) in [4.78, 5) is 30.9. The summed E-state index contributed by atoms with van der Waals surface area (Å²) in [6.07, 6.45) is 1.35. The van der Waals surface area contributed by atoms with E-state index in [2.05, 4.69) is 20.7 Å². The van der Waals surface area contributed by atoms with Gasteiger partial charge in [0.25, 0.3) is 5.91 Å². The number of ether oxygens (including phenoxy) is 1. The van der Waals surface area contributed by atoms with E-state index in [1.807, 2.05) is 0 Å². The number of amides is 2. The first-order valence-corrected chi connectivity index (χ1v) is 11.1. The molecule has 33 heavy (non-hydrogen) atoms. The number of benzene rings is 1. The number of nitrogens with one attached hydrogen (secondary N) is 2. The van der Waals surface area contributed by atoms with Crippen molar-refractivity contribution < 1.29 is 23.1 Å². The molecule has 9 nitrogen and oxygen atoms in total. The second-order valence-electron chi connectivity index (χ2n) is 8.26. The number of nitrogens with zero attached hydrogens (tertiary/aromatic N) is 4. The Morgan fingerprint density at radius 2 is 2.00 bits per heavy atom. The van der Waals surface area contributed by atoms with Gasteiger partial charge >= 0.3 is 6.09 Å². The van der Waals surface area contributed by atoms with Gasteiger partial charge in [0.1, 0.15) is 39.4 Å². The zero-order valence-corrected chi connectivity index (χ0v) is 19.0. The second-order valence-corrected chi connectivity index (χ2v) is 9.09. The molecule has 3 aromatic rings. The van der Waals surface area contributed by atoms with E-state index in [0.717, 1.165) is 36.4 Å². The predicted molar refractivity (Wildman–Crippen MR) is 120 cm³/mol. The van der Waals surface area contributed by atoms with Gasteiger partial charge in [-0.25, -0.2) is 28.1 Å². The molecule has 1 aromatic carbocycles. The van der Waals surface area contributed by atoms with Gasteiger partial charge in [0.05, 0.1) is 11.7 Å². The summed E-state index contributed by atoms with van der Waals surface area (Å²) in [7, 11) is 0. The molecule has 0 atom stereocenters. The summed E-state index contributed by atoms with van der Waals surface area (Å²) in [5.41, 5.74) is -0.0578. The van der Waals surface area contributed by atoms with E-state index in [1.54, 1.807) is 25.5 Å². The van der Waals surface area contributed by atoms with E-state index in [9.17, 15) is 18.4 Å². The van der Waals surface area contributed by atoms with E-state index in [4.69, 9.17) is 4.74 Å². The van der Waals surface area contributed by atoms with Crippen molar-refractivity contribution in [3.05, 3.63) is 47.2 Å². The molecule has 174 valence electrons. The van der Waals surface area contributed by atoms with Gasteiger partial charge in [-0.15, -0.1) is 11.3 Å². The molecule has 2 aromatic heterocycles. The molecule has 12 heteroatoms. The Hall–Kier alpha value is -3.54. The van der Waals surface area contributed by atoms with Crippen molar-refractivity contribution in [1.82, 2.24) is 14.8 Å². The first-order chi connectivity index (χ1) is 15.7. The second kappa shape index (κ2) is 8.77. The van der Waals surface area contributed by atoms with Gasteiger partial charge in [-0.05, 0) is 39.3 Å². The van der Waals surface area contributed by atoms with Crippen molar-refractivity contribution in [2.24, 2.45) is 0 Å². The molecule has 0 fully saturated rings. The smallest absolute Gasteiger partial charge is 0.420 e. The molecule has 0 unspecified atom stereocenters. The van der Waals surface area contributed by atoms with Gasteiger partial charge in [-0.2, -0.15) is 5.10 Å². The number of thiazole rings is 1. The first kappa shape index (κ1) is 22.6. The van der Waals surface area contributed by atoms with Gasteiger partial charge < -0.3 is 15.4 Å². The van der Waals surface area contributed by atoms with Crippen molar-refractivity contribution in [2.45, 2.75) is 39.3 Å². The van der Waals surface area contributed by atoms with E-state index < -0.39 is 34.9 Å². The number of aromatic nitrogens is 3. The maximum absolute atomic E-state index is 14.7. The minimum atomic E-state index is -1.05. The number of rotatable bonds is 4. The molecule has 0 saturated carbocycles. The lowest BCUT2D eigenvalue weighted by atomic mass is 10.2. The number of halogens is 2. The van der Waals surface area contributed by atoms with Crippen LogP contribution in [0.25, 0.3) is 0 Å². The van der Waals surface area contributed by atoms with Crippen LogP contribution >= 0.6 is 11.3 Å². The van der Waals surface area contributed by atoms with Crippen LogP contribution in [0, 0.1) is 11.6 Å². The highest BCUT2D eigenvalue weighted by Crippen LogP contribution is 2.37. The number of carbonyl (C=O) groups is 2. The Bertz CT molecular complexity index is 1180. The van der Waals surface area contributed by atoms with E-state index >= 15 is 0 Å². The molecule has 1 aliphatic heterocycles. The lowest BCUT2D eigenvalue weighted by Gasteiger charge is -2.27. The Labute approximate surface area is 192 Å². The number of hydrogen-bond donors (Lipinski definition) is 2. The van der Waals surface area contributed by atoms with Crippen molar-refractivity contribution >= 4 is 45.5 Å². The fourth-order valence-electron chi connectivity index (χ4n) is 3.29. The standard InChI is InChI=1S/C21H22F2N6O3S/c1-21(2,3)32-20(31)29(16-12(22)6-4-7-13(16)23)19-15(25-11-33-19)18(30)27-14-10-26-28-9-5-8-24-17(14)28/h4,6-7,10-11,24H,5,8-9H2,1-3H3,(H,27,30). The third-order valence-electron chi connectivity index (χ3n) is 4.63. The van der Waals surface area contributed by atoms with Crippen molar-refractivity contribution in [1.29, 1.82) is 0 Å². The molecule has 2 amide bonds. The van der Waals surface area contributed by atoms with Crippen LogP contribution in [0.15, 0.2) is 29.9 Å². The Balaban J connectivity index is 1.72. The molecule has 0 aliphatic carbocycles. The Morgan fingerprint density at radius 3 is 2.70 bits per heavy atom. The molecular weight excluding hydrogens is 454 g/mol. The normalized spacial score (nSPS) is 13.1. The van der Waals surface area contributed by atoms with E-state index in [1.165, 1.54) is 17.8 Å². The van der Waals surface area contributed by atoms with Crippen molar-refractivity contribution in [3.8, 4) is 0 Å². The maximum atomic E-state index is 14.7. The minimum absolute atomic E-state index is 0.0836. The monoisotopic (exact) mass is 476 g/mol. The molecule has 0 radical (unpaired) electrons. The fraction of sp³-hybridized carbons (Fsp3) is 0.333. The molecule has 0 bridgehead atoms. The van der Waals surface area contributed by atoms with E-state index in [0.29, 0.717) is 22.9 Å². The lowest BCUT2D eigenvalue weighted by Crippen LogP contribution is -2.35. The number of carbonyl (C=O) groups excluding carboxylic acids is 2. The molecule has 1 aliphatic rings. The molecule has 0 spiro atoms. The third-order valence-corrected chi connectivity index (χ3v) is 5.44. The van der Waals surface area contributed by atoms with Crippen LogP contribution in [0.2, 0.25) is 0 Å². The largest absolute Gasteiger partial charge is 0.443 e. The van der Waals surface area contributed by atoms with Crippen LogP contribution < -0.4 is 15.5 Å². The Kier molecular flexibility index (Phi) is 6.02. The average Bonchev–Trinajstić information content (AvgIpc) is 3.37. The topological polar surface area (TPSA) is 101 Å². The van der Waals surface area contributed by atoms with E-state index in [-0.39, 0.29) is 10.7 Å². The highest BCUT2D eigenvalue weighted by atomic mass is 32.1. The first-order valence-electron chi connectivity index (χ1n) is 10.2. The van der Waals surface area contributed by atoms with Crippen LogP contribution in [0.4, 0.5) is 35.8 Å². The summed E-state index contributed by atoms with van der Waals surface area (Å²) in [6.45, 7) is 6.31. The number of anilines is 4. The third kappa shape index (κ3) is 4.65. The summed E-state index contributed by atoms with van der Waals surface area (Å²) in [5.74, 6) is -2.00. The van der Waals surface area contributed by atoms with Crippen molar-refractivity contribution in [2.75, 3.05) is 22.1 Å². The number of para-hydroxylation sites is 1. The number of hydrogen-bond acceptors (Lipinski definition) is 7. The van der Waals surface area contributed by atoms with Crippen LogP contribution in [-0.2, 0) is 11.3 Å². The maximum Gasteiger partial charge on any atom is 0.420 e. The van der Waals surface area contributed by atoms with Gasteiger partial charge in [-0.3, -0.25) is 4.79 Å². The van der Waals surface area contributed by atoms with Crippen LogP contribution in [0.3, 0.4) is 0 Å². The summed E-state index contributed by atoms with van der Waals surface area (Å²) < 4.78 is 36.5. The predicted octanol–water partition coefficient (Wildman–Crippen LogP) is 4.76. The number of fused-ring (bicyclic) bond motifs is 1. The Morgan fingerprint density at radius 1 is 1.27 bits per heavy atom. The molecule has 0 saturated heterocycles. The van der Waals surface area contributed by atoms with Crippen LogP contribution in [0.5, 0.6) is 0 Å². The SMILES string of the molecule is CC(C)(C)OC(=O)N(c1scnc1C(=O)Nc1cnn2c1NCCC2)c1c(F)cccc1F. The molecule has 3 heterocycles. The highest BCUT2D eigenvalue weighted by Gasteiger charge is 2.34. The quantitative estimate of drug-likeness (QED) is 0.563. The lowest BCUT2D eigenvalue weighted by molar-refractivity contribution is 0.0597. The van der Waals surface area contributed by atoms with Gasteiger partial charge in [0, 0.05) is 13.1 Å².